The van der Waals surface area contributed by atoms with Crippen molar-refractivity contribution in [3.8, 4) is 0 Å². The minimum atomic E-state index is -0.209. The summed E-state index contributed by atoms with van der Waals surface area (Å²) in [5.41, 5.74) is 0.457. The van der Waals surface area contributed by atoms with E-state index in [1.54, 1.807) is 7.11 Å². The van der Waals surface area contributed by atoms with E-state index in [4.69, 9.17) is 4.74 Å². The van der Waals surface area contributed by atoms with Gasteiger partial charge in [-0.3, -0.25) is 4.79 Å². The number of carbonyl (C=O) groups excluding carboxylic acids is 1. The summed E-state index contributed by atoms with van der Waals surface area (Å²) in [7, 11) is 3.18. The Balaban J connectivity index is 2.21. The van der Waals surface area contributed by atoms with Gasteiger partial charge >= 0.3 is 5.97 Å². The molecule has 1 fully saturated rings. The van der Waals surface area contributed by atoms with Crippen molar-refractivity contribution in [3.63, 3.8) is 0 Å². The SMILES string of the molecule is COCCC1(CCNC(C)C(=O)OC)CCC1. The van der Waals surface area contributed by atoms with Gasteiger partial charge in [0.25, 0.3) is 0 Å². The molecule has 0 amide bonds. The van der Waals surface area contributed by atoms with Gasteiger partial charge in [-0.25, -0.2) is 0 Å². The Bertz CT molecular complexity index is 239. The molecule has 4 nitrogen and oxygen atoms in total. The second-order valence-electron chi connectivity index (χ2n) is 5.05. The van der Waals surface area contributed by atoms with Crippen molar-refractivity contribution in [3.05, 3.63) is 0 Å². The highest BCUT2D eigenvalue weighted by atomic mass is 16.5. The number of esters is 1. The van der Waals surface area contributed by atoms with E-state index < -0.39 is 0 Å². The van der Waals surface area contributed by atoms with Crippen LogP contribution in [0.1, 0.15) is 39.0 Å². The van der Waals surface area contributed by atoms with Gasteiger partial charge in [-0.05, 0) is 44.6 Å². The van der Waals surface area contributed by atoms with Crippen LogP contribution >= 0.6 is 0 Å². The average molecular weight is 243 g/mol. The quantitative estimate of drug-likeness (QED) is 0.660. The van der Waals surface area contributed by atoms with Crippen molar-refractivity contribution >= 4 is 5.97 Å². The molecule has 100 valence electrons. The van der Waals surface area contributed by atoms with Gasteiger partial charge < -0.3 is 14.8 Å². The lowest BCUT2D eigenvalue weighted by atomic mass is 9.65. The third kappa shape index (κ3) is 4.28. The van der Waals surface area contributed by atoms with Gasteiger partial charge in [-0.15, -0.1) is 0 Å². The first kappa shape index (κ1) is 14.5. The smallest absolute Gasteiger partial charge is 0.322 e. The van der Waals surface area contributed by atoms with E-state index in [2.05, 4.69) is 10.1 Å². The zero-order valence-corrected chi connectivity index (χ0v) is 11.3. The molecule has 0 heterocycles. The Labute approximate surface area is 104 Å². The number of hydrogen-bond donors (Lipinski definition) is 1. The molecule has 1 atom stereocenters. The molecule has 0 spiro atoms. The van der Waals surface area contributed by atoms with E-state index in [9.17, 15) is 4.79 Å². The van der Waals surface area contributed by atoms with E-state index in [1.807, 2.05) is 6.92 Å². The second-order valence-corrected chi connectivity index (χ2v) is 5.05. The van der Waals surface area contributed by atoms with E-state index in [-0.39, 0.29) is 12.0 Å². The van der Waals surface area contributed by atoms with Crippen LogP contribution in [0.3, 0.4) is 0 Å². The molecule has 0 aromatic heterocycles. The van der Waals surface area contributed by atoms with E-state index >= 15 is 0 Å². The molecular formula is C13H25NO3. The second kappa shape index (κ2) is 6.97. The Morgan fingerprint density at radius 1 is 1.35 bits per heavy atom. The van der Waals surface area contributed by atoms with Crippen molar-refractivity contribution < 1.29 is 14.3 Å². The molecule has 4 heteroatoms. The fourth-order valence-corrected chi connectivity index (χ4v) is 2.43. The fourth-order valence-electron chi connectivity index (χ4n) is 2.43. The first-order chi connectivity index (χ1) is 8.13. The zero-order valence-electron chi connectivity index (χ0n) is 11.3. The minimum Gasteiger partial charge on any atom is -0.468 e. The molecule has 0 radical (unpaired) electrons. The largest absolute Gasteiger partial charge is 0.468 e. The monoisotopic (exact) mass is 243 g/mol. The lowest BCUT2D eigenvalue weighted by Crippen LogP contribution is -2.39. The van der Waals surface area contributed by atoms with Crippen LogP contribution in [0.25, 0.3) is 0 Å². The summed E-state index contributed by atoms with van der Waals surface area (Å²) in [4.78, 5) is 11.2. The number of carbonyl (C=O) groups is 1. The number of rotatable bonds is 8. The highest BCUT2D eigenvalue weighted by Crippen LogP contribution is 2.46. The van der Waals surface area contributed by atoms with Gasteiger partial charge in [0.1, 0.15) is 6.04 Å². The lowest BCUT2D eigenvalue weighted by molar-refractivity contribution is -0.142. The van der Waals surface area contributed by atoms with Crippen molar-refractivity contribution in [2.75, 3.05) is 27.4 Å². The molecule has 0 aromatic carbocycles. The van der Waals surface area contributed by atoms with E-state index in [1.165, 1.54) is 26.4 Å². The molecular weight excluding hydrogens is 218 g/mol. The number of nitrogens with one attached hydrogen (secondary N) is 1. The van der Waals surface area contributed by atoms with Crippen LogP contribution in [0.4, 0.5) is 0 Å². The van der Waals surface area contributed by atoms with Crippen molar-refractivity contribution in [2.45, 2.75) is 45.1 Å². The van der Waals surface area contributed by atoms with Gasteiger partial charge in [-0.2, -0.15) is 0 Å². The summed E-state index contributed by atoms with van der Waals surface area (Å²) in [5.74, 6) is -0.190. The lowest BCUT2D eigenvalue weighted by Gasteiger charge is -2.42. The molecule has 1 unspecified atom stereocenters. The van der Waals surface area contributed by atoms with Crippen LogP contribution in [0.2, 0.25) is 0 Å². The Hall–Kier alpha value is -0.610. The molecule has 1 aliphatic rings. The Morgan fingerprint density at radius 3 is 2.53 bits per heavy atom. The van der Waals surface area contributed by atoms with Crippen LogP contribution in [-0.2, 0) is 14.3 Å². The summed E-state index contributed by atoms with van der Waals surface area (Å²) < 4.78 is 9.84. The highest BCUT2D eigenvalue weighted by molar-refractivity contribution is 5.74. The van der Waals surface area contributed by atoms with Crippen LogP contribution in [0.5, 0.6) is 0 Å². The number of hydrogen-bond acceptors (Lipinski definition) is 4. The van der Waals surface area contributed by atoms with Gasteiger partial charge in [0.15, 0.2) is 0 Å². The topological polar surface area (TPSA) is 47.6 Å². The standard InChI is InChI=1S/C13H25NO3/c1-11(12(15)17-3)14-9-7-13(5-4-6-13)8-10-16-2/h11,14H,4-10H2,1-3H3. The molecule has 0 aliphatic heterocycles. The van der Waals surface area contributed by atoms with Crippen molar-refractivity contribution in [1.82, 2.24) is 5.32 Å². The average Bonchev–Trinajstić information content (AvgIpc) is 2.30. The number of methoxy groups -OCH3 is 2. The minimum absolute atomic E-state index is 0.190. The first-order valence-electron chi connectivity index (χ1n) is 6.44. The summed E-state index contributed by atoms with van der Waals surface area (Å²) in [5, 5.41) is 3.22. The summed E-state index contributed by atoms with van der Waals surface area (Å²) in [6, 6.07) is -0.209. The molecule has 17 heavy (non-hydrogen) atoms. The summed E-state index contributed by atoms with van der Waals surface area (Å²) in [6.45, 7) is 3.56. The molecule has 0 bridgehead atoms. The summed E-state index contributed by atoms with van der Waals surface area (Å²) >= 11 is 0. The Kier molecular flexibility index (Phi) is 5.92. The molecule has 1 saturated carbocycles. The maximum atomic E-state index is 11.2. The van der Waals surface area contributed by atoms with Gasteiger partial charge in [-0.1, -0.05) is 6.42 Å². The highest BCUT2D eigenvalue weighted by Gasteiger charge is 2.35. The van der Waals surface area contributed by atoms with Crippen LogP contribution in [0, 0.1) is 5.41 Å². The Morgan fingerprint density at radius 2 is 2.06 bits per heavy atom. The number of ether oxygens (including phenoxy) is 2. The van der Waals surface area contributed by atoms with Gasteiger partial charge in [0.05, 0.1) is 7.11 Å². The summed E-state index contributed by atoms with van der Waals surface area (Å²) in [6.07, 6.45) is 6.18. The predicted molar refractivity (Wildman–Crippen MR) is 66.9 cm³/mol. The van der Waals surface area contributed by atoms with Crippen molar-refractivity contribution in [1.29, 1.82) is 0 Å². The van der Waals surface area contributed by atoms with Crippen LogP contribution in [-0.4, -0.2) is 39.4 Å². The predicted octanol–water partition coefficient (Wildman–Crippen LogP) is 1.73. The molecule has 0 aromatic rings. The maximum Gasteiger partial charge on any atom is 0.322 e. The normalized spacial score (nSPS) is 19.5. The molecule has 0 saturated heterocycles. The van der Waals surface area contributed by atoms with E-state index in [0.29, 0.717) is 5.41 Å². The first-order valence-corrected chi connectivity index (χ1v) is 6.44. The third-order valence-corrected chi connectivity index (χ3v) is 3.91. The third-order valence-electron chi connectivity index (χ3n) is 3.91. The fraction of sp³-hybridized carbons (Fsp3) is 0.923. The zero-order chi connectivity index (χ0) is 12.7. The van der Waals surface area contributed by atoms with Gasteiger partial charge in [0, 0.05) is 13.7 Å². The molecule has 1 rings (SSSR count). The van der Waals surface area contributed by atoms with Crippen LogP contribution < -0.4 is 5.32 Å². The van der Waals surface area contributed by atoms with E-state index in [0.717, 1.165) is 26.0 Å². The van der Waals surface area contributed by atoms with Gasteiger partial charge in [0.2, 0.25) is 0 Å². The molecule has 1 aliphatic carbocycles. The maximum absolute atomic E-state index is 11.2. The van der Waals surface area contributed by atoms with Crippen molar-refractivity contribution in [2.24, 2.45) is 5.41 Å². The van der Waals surface area contributed by atoms with Crippen LogP contribution in [0.15, 0.2) is 0 Å². The molecule has 1 N–H and O–H groups in total.